The summed E-state index contributed by atoms with van der Waals surface area (Å²) in [6, 6.07) is 7.97. The number of aliphatic hydroxyl groups is 1. The van der Waals surface area contributed by atoms with E-state index >= 15 is 4.79 Å². The molecule has 1 spiro atoms. The van der Waals surface area contributed by atoms with Crippen LogP contribution < -0.4 is 0 Å². The van der Waals surface area contributed by atoms with E-state index in [4.69, 9.17) is 9.47 Å². The van der Waals surface area contributed by atoms with E-state index in [2.05, 4.69) is 47.8 Å². The number of allylic oxidation sites excluding steroid dienone is 1. The van der Waals surface area contributed by atoms with Gasteiger partial charge in [-0.15, -0.1) is 13.2 Å². The van der Waals surface area contributed by atoms with Crippen molar-refractivity contribution in [1.29, 1.82) is 0 Å². The minimum Gasteiger partial charge on any atom is -0.465 e. The molecular formula is C38H56N2O6. The third-order valence-corrected chi connectivity index (χ3v) is 10.3. The number of hydrogen-bond acceptors (Lipinski definition) is 6. The third-order valence-electron chi connectivity index (χ3n) is 10.3. The summed E-state index contributed by atoms with van der Waals surface area (Å²) in [6.45, 7) is 20.5. The zero-order valence-corrected chi connectivity index (χ0v) is 28.9. The van der Waals surface area contributed by atoms with Crippen molar-refractivity contribution in [3.05, 3.63) is 61.2 Å². The maximum absolute atomic E-state index is 15.2. The number of rotatable bonds is 16. The fraction of sp³-hybridized carbons (Fsp3) is 0.658. The van der Waals surface area contributed by atoms with Crippen LogP contribution in [0.25, 0.3) is 0 Å². The summed E-state index contributed by atoms with van der Waals surface area (Å²) in [5.74, 6) is -2.69. The summed E-state index contributed by atoms with van der Waals surface area (Å²) in [5, 5.41) is 10.8. The molecule has 4 rings (SSSR count). The van der Waals surface area contributed by atoms with Gasteiger partial charge in [-0.1, -0.05) is 70.2 Å². The van der Waals surface area contributed by atoms with Gasteiger partial charge in [-0.2, -0.15) is 0 Å². The van der Waals surface area contributed by atoms with Crippen molar-refractivity contribution in [3.8, 4) is 0 Å². The molecule has 6 atom stereocenters. The molecule has 3 aliphatic rings. The third kappa shape index (κ3) is 6.70. The number of aliphatic hydroxyl groups excluding tert-OH is 1. The second-order valence-electron chi connectivity index (χ2n) is 15.3. The number of benzene rings is 1. The first kappa shape index (κ1) is 35.9. The van der Waals surface area contributed by atoms with Crippen LogP contribution in [0.3, 0.4) is 0 Å². The maximum atomic E-state index is 15.2. The molecule has 0 aromatic heterocycles. The molecule has 1 aromatic carbocycles. The van der Waals surface area contributed by atoms with Gasteiger partial charge >= 0.3 is 5.97 Å². The average molecular weight is 637 g/mol. The Morgan fingerprint density at radius 3 is 2.41 bits per heavy atom. The molecule has 3 saturated heterocycles. The molecule has 3 fully saturated rings. The van der Waals surface area contributed by atoms with Gasteiger partial charge in [-0.3, -0.25) is 14.4 Å². The van der Waals surface area contributed by atoms with Gasteiger partial charge < -0.3 is 24.4 Å². The van der Waals surface area contributed by atoms with E-state index in [1.165, 1.54) is 0 Å². The van der Waals surface area contributed by atoms with E-state index in [1.807, 2.05) is 48.2 Å². The van der Waals surface area contributed by atoms with Crippen LogP contribution in [0.2, 0.25) is 0 Å². The Morgan fingerprint density at radius 1 is 1.13 bits per heavy atom. The number of amides is 2. The van der Waals surface area contributed by atoms with Gasteiger partial charge in [0.05, 0.1) is 30.8 Å². The summed E-state index contributed by atoms with van der Waals surface area (Å²) in [5.41, 5.74) is -1.81. The highest BCUT2D eigenvalue weighted by Gasteiger charge is 2.79. The van der Waals surface area contributed by atoms with Crippen LogP contribution in [0.15, 0.2) is 55.6 Å². The van der Waals surface area contributed by atoms with Crippen molar-refractivity contribution in [2.75, 3.05) is 19.8 Å². The normalized spacial score (nSPS) is 27.8. The second kappa shape index (κ2) is 14.0. The van der Waals surface area contributed by atoms with Crippen molar-refractivity contribution in [2.45, 2.75) is 122 Å². The molecule has 0 radical (unpaired) electrons. The Hall–Kier alpha value is -2.97. The molecular weight excluding hydrogens is 580 g/mol. The lowest BCUT2D eigenvalue weighted by atomic mass is 9.65. The second-order valence-corrected chi connectivity index (χ2v) is 15.3. The number of hydrogen-bond donors (Lipinski definition) is 1. The van der Waals surface area contributed by atoms with Gasteiger partial charge in [0, 0.05) is 12.1 Å². The fourth-order valence-corrected chi connectivity index (χ4v) is 8.78. The predicted octanol–water partition coefficient (Wildman–Crippen LogP) is 5.87. The zero-order valence-electron chi connectivity index (χ0n) is 28.9. The number of unbranched alkanes of at least 4 members (excludes halogenated alkanes) is 2. The molecule has 0 saturated carbocycles. The Kier molecular flexibility index (Phi) is 10.9. The van der Waals surface area contributed by atoms with E-state index in [-0.39, 0.29) is 30.4 Å². The van der Waals surface area contributed by atoms with Crippen LogP contribution in [0.5, 0.6) is 0 Å². The van der Waals surface area contributed by atoms with E-state index < -0.39 is 46.6 Å². The zero-order chi connectivity index (χ0) is 33.9. The van der Waals surface area contributed by atoms with E-state index in [0.29, 0.717) is 45.1 Å². The Morgan fingerprint density at radius 2 is 1.83 bits per heavy atom. The summed E-state index contributed by atoms with van der Waals surface area (Å²) in [4.78, 5) is 47.3. The first-order chi connectivity index (χ1) is 21.7. The van der Waals surface area contributed by atoms with E-state index in [9.17, 15) is 14.7 Å². The largest absolute Gasteiger partial charge is 0.465 e. The Balaban J connectivity index is 1.81. The van der Waals surface area contributed by atoms with Crippen LogP contribution in [0, 0.1) is 17.3 Å². The van der Waals surface area contributed by atoms with Gasteiger partial charge in [0.15, 0.2) is 0 Å². The van der Waals surface area contributed by atoms with Crippen molar-refractivity contribution in [3.63, 3.8) is 0 Å². The highest BCUT2D eigenvalue weighted by molar-refractivity contribution is 5.99. The Labute approximate surface area is 276 Å². The van der Waals surface area contributed by atoms with Gasteiger partial charge in [-0.05, 0) is 76.2 Å². The lowest BCUT2D eigenvalue weighted by molar-refractivity contribution is -0.165. The molecule has 1 N–H and O–H groups in total. The molecule has 8 heteroatoms. The van der Waals surface area contributed by atoms with Crippen molar-refractivity contribution in [2.24, 2.45) is 17.3 Å². The standard InChI is InChI=1S/C38H56N2O6/c1-9-12-13-17-23-45-34(44)30-29-32(42)40(28(25-41)24-27-18-15-14-16-19-27)31(38(29)21-20-37(30,11-3)46-38)33(43)39(22-10-2)36(7,8)26-35(4,5)6/h9-10,14-16,18-19,28-31,41H,1-2,11-13,17,20-26H2,3-8H3/t28-,29+,30+,31?,37-,38?/m1/s1. The number of esters is 1. The van der Waals surface area contributed by atoms with Crippen LogP contribution >= 0.6 is 0 Å². The minimum absolute atomic E-state index is 0.0781. The molecule has 254 valence electrons. The minimum atomic E-state index is -1.21. The lowest BCUT2D eigenvalue weighted by Gasteiger charge is -2.46. The number of ether oxygens (including phenoxy) is 2. The number of likely N-dealkylation sites (tertiary alicyclic amines) is 1. The van der Waals surface area contributed by atoms with Crippen molar-refractivity contribution in [1.82, 2.24) is 9.80 Å². The van der Waals surface area contributed by atoms with Crippen LogP contribution in [0.4, 0.5) is 0 Å². The summed E-state index contributed by atoms with van der Waals surface area (Å²) < 4.78 is 12.8. The van der Waals surface area contributed by atoms with Crippen molar-refractivity contribution >= 4 is 17.8 Å². The van der Waals surface area contributed by atoms with Crippen LogP contribution in [0.1, 0.15) is 92.1 Å². The molecule has 46 heavy (non-hydrogen) atoms. The van der Waals surface area contributed by atoms with Crippen molar-refractivity contribution < 1.29 is 29.0 Å². The van der Waals surface area contributed by atoms with Crippen LogP contribution in [-0.4, -0.2) is 81.3 Å². The average Bonchev–Trinajstić information content (AvgIpc) is 3.61. The quantitative estimate of drug-likeness (QED) is 0.139. The highest BCUT2D eigenvalue weighted by atomic mass is 16.6. The molecule has 3 heterocycles. The lowest BCUT2D eigenvalue weighted by Crippen LogP contribution is -2.62. The van der Waals surface area contributed by atoms with Gasteiger partial charge in [-0.25, -0.2) is 0 Å². The number of nitrogens with zero attached hydrogens (tertiary/aromatic N) is 2. The van der Waals surface area contributed by atoms with Gasteiger partial charge in [0.2, 0.25) is 11.8 Å². The molecule has 1 aromatic rings. The Bertz CT molecular complexity index is 1270. The van der Waals surface area contributed by atoms with Gasteiger partial charge in [0.25, 0.3) is 0 Å². The van der Waals surface area contributed by atoms with E-state index in [0.717, 1.165) is 18.4 Å². The summed E-state index contributed by atoms with van der Waals surface area (Å²) >= 11 is 0. The predicted molar refractivity (Wildman–Crippen MR) is 180 cm³/mol. The SMILES string of the molecule is C=CCCCCOC(=O)[C@@H]1[C@H]2C(=O)N([C@@H](CO)Cc3ccccc3)C(C(=O)N(CC=C)C(C)(C)CC(C)(C)C)C23CC[C@@]1(CC)O3. The summed E-state index contributed by atoms with van der Waals surface area (Å²) in [7, 11) is 0. The van der Waals surface area contributed by atoms with Crippen LogP contribution in [-0.2, 0) is 30.3 Å². The number of carbonyl (C=O) groups excluding carboxylic acids is 3. The first-order valence-electron chi connectivity index (χ1n) is 17.1. The fourth-order valence-electron chi connectivity index (χ4n) is 8.78. The first-order valence-corrected chi connectivity index (χ1v) is 17.1. The molecule has 0 aliphatic carbocycles. The maximum Gasteiger partial charge on any atom is 0.312 e. The molecule has 2 amide bonds. The van der Waals surface area contributed by atoms with Gasteiger partial charge in [0.1, 0.15) is 17.6 Å². The smallest absolute Gasteiger partial charge is 0.312 e. The molecule has 3 aliphatic heterocycles. The number of fused-ring (bicyclic) bond motifs is 1. The molecule has 2 bridgehead atoms. The topological polar surface area (TPSA) is 96.4 Å². The highest BCUT2D eigenvalue weighted by Crippen LogP contribution is 2.65. The summed E-state index contributed by atoms with van der Waals surface area (Å²) in [6.07, 6.45) is 8.57. The number of carbonyl (C=O) groups is 3. The van der Waals surface area contributed by atoms with E-state index in [1.54, 1.807) is 11.0 Å². The molecule has 8 nitrogen and oxygen atoms in total. The molecule has 2 unspecified atom stereocenters. The monoisotopic (exact) mass is 636 g/mol.